The molecule has 4 heteroatoms. The van der Waals surface area contributed by atoms with Crippen molar-refractivity contribution < 1.29 is 14.3 Å². The van der Waals surface area contributed by atoms with E-state index in [1.165, 1.54) is 11.6 Å². The second-order valence-corrected chi connectivity index (χ2v) is 9.45. The fraction of sp³-hybridized carbons (Fsp3) is 0.542. The molecule has 0 bridgehead atoms. The molecule has 0 unspecified atom stereocenters. The molecule has 4 rings (SSSR count). The molecule has 1 N–H and O–H groups in total. The predicted octanol–water partition coefficient (Wildman–Crippen LogP) is 4.94. The Balaban J connectivity index is 1.58. The molecule has 1 aromatic heterocycles. The van der Waals surface area contributed by atoms with Gasteiger partial charge in [0.1, 0.15) is 11.3 Å². The molecule has 150 valence electrons. The van der Waals surface area contributed by atoms with Gasteiger partial charge in [0.15, 0.2) is 0 Å². The lowest BCUT2D eigenvalue weighted by Crippen LogP contribution is -2.55. The van der Waals surface area contributed by atoms with E-state index in [0.29, 0.717) is 23.9 Å². The number of benzene rings is 1. The predicted molar refractivity (Wildman–Crippen MR) is 110 cm³/mol. The number of ether oxygens (including phenoxy) is 1. The summed E-state index contributed by atoms with van der Waals surface area (Å²) in [5.41, 5.74) is 1.40. The van der Waals surface area contributed by atoms with Crippen LogP contribution in [0.15, 0.2) is 51.7 Å². The summed E-state index contributed by atoms with van der Waals surface area (Å²) in [5, 5.41) is 11.5. The quantitative estimate of drug-likeness (QED) is 0.603. The number of fused-ring (bicyclic) bond motifs is 2. The average molecular weight is 383 g/mol. The number of hydrogen-bond acceptors (Lipinski definition) is 4. The Labute approximate surface area is 166 Å². The van der Waals surface area contributed by atoms with E-state index in [-0.39, 0.29) is 28.5 Å². The molecular weight excluding hydrogens is 352 g/mol. The smallest absolute Gasteiger partial charge is 0.336 e. The van der Waals surface area contributed by atoms with Crippen LogP contribution >= 0.6 is 0 Å². The van der Waals surface area contributed by atoms with Gasteiger partial charge in [0.2, 0.25) is 0 Å². The highest BCUT2D eigenvalue weighted by molar-refractivity contribution is 5.77. The van der Waals surface area contributed by atoms with Crippen LogP contribution in [0.3, 0.4) is 0 Å². The van der Waals surface area contributed by atoms with Crippen molar-refractivity contribution in [3.8, 4) is 5.75 Å². The molecule has 4 nitrogen and oxygen atoms in total. The summed E-state index contributed by atoms with van der Waals surface area (Å²) >= 11 is 0. The molecule has 0 aliphatic heterocycles. The third-order valence-electron chi connectivity index (χ3n) is 7.56. The Hall–Kier alpha value is -2.07. The van der Waals surface area contributed by atoms with Crippen molar-refractivity contribution in [2.24, 2.45) is 22.7 Å². The largest absolute Gasteiger partial charge is 0.493 e. The van der Waals surface area contributed by atoms with Gasteiger partial charge in [-0.05, 0) is 60.6 Å². The van der Waals surface area contributed by atoms with Crippen LogP contribution in [0.2, 0.25) is 0 Å². The van der Waals surface area contributed by atoms with Crippen molar-refractivity contribution in [3.63, 3.8) is 0 Å². The molecule has 2 saturated carbocycles. The van der Waals surface area contributed by atoms with Gasteiger partial charge >= 0.3 is 5.63 Å². The van der Waals surface area contributed by atoms with Crippen molar-refractivity contribution in [3.05, 3.63) is 52.9 Å². The summed E-state index contributed by atoms with van der Waals surface area (Å²) in [6.07, 6.45) is 3.63. The molecule has 0 amide bonds. The molecule has 0 radical (unpaired) electrons. The zero-order valence-corrected chi connectivity index (χ0v) is 17.0. The minimum atomic E-state index is -0.358. The number of hydrogen-bond donors (Lipinski definition) is 1. The van der Waals surface area contributed by atoms with E-state index in [9.17, 15) is 9.90 Å². The van der Waals surface area contributed by atoms with Crippen molar-refractivity contribution in [2.45, 2.75) is 52.6 Å². The first-order valence-corrected chi connectivity index (χ1v) is 10.2. The summed E-state index contributed by atoms with van der Waals surface area (Å²) < 4.78 is 11.5. The van der Waals surface area contributed by atoms with Gasteiger partial charge in [-0.1, -0.05) is 32.9 Å². The van der Waals surface area contributed by atoms with Crippen LogP contribution in [-0.4, -0.2) is 17.8 Å². The lowest BCUT2D eigenvalue weighted by atomic mass is 9.47. The number of aliphatic hydroxyl groups is 1. The highest BCUT2D eigenvalue weighted by atomic mass is 16.5. The third-order valence-corrected chi connectivity index (χ3v) is 7.56. The molecule has 2 aliphatic carbocycles. The zero-order valence-electron chi connectivity index (χ0n) is 17.0. The van der Waals surface area contributed by atoms with Crippen LogP contribution < -0.4 is 10.4 Å². The fourth-order valence-corrected chi connectivity index (χ4v) is 5.78. The molecule has 2 fully saturated rings. The molecule has 0 saturated heterocycles. The molecular formula is C24H30O4. The average Bonchev–Trinajstić information content (AvgIpc) is 2.64. The molecule has 2 aliphatic rings. The van der Waals surface area contributed by atoms with Crippen LogP contribution in [0.4, 0.5) is 0 Å². The first kappa shape index (κ1) is 19.3. The summed E-state index contributed by atoms with van der Waals surface area (Å²) in [6, 6.07) is 8.80. The molecule has 1 aromatic carbocycles. The van der Waals surface area contributed by atoms with E-state index < -0.39 is 0 Å². The monoisotopic (exact) mass is 382 g/mol. The van der Waals surface area contributed by atoms with E-state index in [4.69, 9.17) is 9.15 Å². The Morgan fingerprint density at radius 3 is 2.75 bits per heavy atom. The Morgan fingerprint density at radius 2 is 1.96 bits per heavy atom. The molecule has 28 heavy (non-hydrogen) atoms. The number of rotatable bonds is 3. The van der Waals surface area contributed by atoms with Crippen molar-refractivity contribution in [2.75, 3.05) is 6.61 Å². The zero-order chi connectivity index (χ0) is 20.1. The van der Waals surface area contributed by atoms with E-state index in [1.807, 2.05) is 12.1 Å². The number of aliphatic hydroxyl groups excluding tert-OH is 1. The van der Waals surface area contributed by atoms with Gasteiger partial charge in [0, 0.05) is 23.4 Å². The standard InChI is InChI=1S/C24H30O4/c1-15-5-9-20-23(2,3)21(25)11-12-24(20,4)18(15)14-27-17-8-6-16-7-10-22(26)28-19(16)13-17/h6-8,10,13,18,20-21,25H,1,5,9,11-12,14H2,2-4H3/t18-,20-,21+,24+/m1/s1. The van der Waals surface area contributed by atoms with Gasteiger partial charge < -0.3 is 14.3 Å². The van der Waals surface area contributed by atoms with Gasteiger partial charge in [-0.15, -0.1) is 0 Å². The Bertz CT molecular complexity index is 956. The lowest BCUT2D eigenvalue weighted by Gasteiger charge is -2.59. The maximum Gasteiger partial charge on any atom is 0.336 e. The molecule has 0 spiro atoms. The van der Waals surface area contributed by atoms with Crippen LogP contribution in [0.25, 0.3) is 11.0 Å². The first-order valence-electron chi connectivity index (χ1n) is 10.2. The van der Waals surface area contributed by atoms with Gasteiger partial charge in [0.05, 0.1) is 12.7 Å². The summed E-state index contributed by atoms with van der Waals surface area (Å²) in [4.78, 5) is 11.5. The van der Waals surface area contributed by atoms with E-state index in [0.717, 1.165) is 31.1 Å². The van der Waals surface area contributed by atoms with E-state index in [1.54, 1.807) is 12.1 Å². The molecule has 1 heterocycles. The second kappa shape index (κ2) is 6.77. The molecule has 4 atom stereocenters. The first-order chi connectivity index (χ1) is 13.2. The SMILES string of the molecule is C=C1CC[C@@H]2C(C)(C)[C@@H](O)CC[C@@]2(C)[C@@H]1COc1ccc2ccc(=O)oc2c1. The van der Waals surface area contributed by atoms with Crippen LogP contribution in [0.5, 0.6) is 5.75 Å². The third kappa shape index (κ3) is 3.08. The van der Waals surface area contributed by atoms with Gasteiger partial charge in [-0.3, -0.25) is 0 Å². The van der Waals surface area contributed by atoms with Crippen molar-refractivity contribution in [1.82, 2.24) is 0 Å². The maximum absolute atomic E-state index is 11.5. The second-order valence-electron chi connectivity index (χ2n) is 9.45. The lowest BCUT2D eigenvalue weighted by molar-refractivity contribution is -0.128. The Kier molecular flexibility index (Phi) is 4.65. The van der Waals surface area contributed by atoms with Gasteiger partial charge in [-0.2, -0.15) is 0 Å². The fourth-order valence-electron chi connectivity index (χ4n) is 5.78. The van der Waals surface area contributed by atoms with Crippen LogP contribution in [0.1, 0.15) is 46.5 Å². The normalized spacial score (nSPS) is 32.1. The van der Waals surface area contributed by atoms with Crippen LogP contribution in [0, 0.1) is 22.7 Å². The summed E-state index contributed by atoms with van der Waals surface area (Å²) in [5.74, 6) is 1.39. The molecule has 2 aromatic rings. The van der Waals surface area contributed by atoms with Crippen molar-refractivity contribution in [1.29, 1.82) is 0 Å². The highest BCUT2D eigenvalue weighted by Crippen LogP contribution is 2.60. The minimum Gasteiger partial charge on any atom is -0.493 e. The summed E-state index contributed by atoms with van der Waals surface area (Å²) in [7, 11) is 0. The van der Waals surface area contributed by atoms with Gasteiger partial charge in [0.25, 0.3) is 0 Å². The van der Waals surface area contributed by atoms with E-state index in [2.05, 4.69) is 27.4 Å². The van der Waals surface area contributed by atoms with E-state index >= 15 is 0 Å². The summed E-state index contributed by atoms with van der Waals surface area (Å²) in [6.45, 7) is 11.7. The Morgan fingerprint density at radius 1 is 1.21 bits per heavy atom. The van der Waals surface area contributed by atoms with Crippen LogP contribution in [-0.2, 0) is 0 Å². The topological polar surface area (TPSA) is 59.7 Å². The minimum absolute atomic E-state index is 0.0709. The maximum atomic E-state index is 11.5. The highest BCUT2D eigenvalue weighted by Gasteiger charge is 2.56. The van der Waals surface area contributed by atoms with Gasteiger partial charge in [-0.25, -0.2) is 4.79 Å². The van der Waals surface area contributed by atoms with Crippen molar-refractivity contribution >= 4 is 11.0 Å².